The highest BCUT2D eigenvalue weighted by Crippen LogP contribution is 2.25. The van der Waals surface area contributed by atoms with E-state index in [9.17, 15) is 40.9 Å². The zero-order valence-corrected chi connectivity index (χ0v) is 15.4. The number of rotatable bonds is 9. The maximum Gasteiger partial charge on any atom is 0.187 e. The normalized spacial score (nSPS) is 36.5. The van der Waals surface area contributed by atoms with Crippen molar-refractivity contribution in [3.05, 3.63) is 0 Å². The lowest BCUT2D eigenvalue weighted by atomic mass is 9.98. The number of nitrogens with zero attached hydrogens (tertiary/aromatic N) is 1. The van der Waals surface area contributed by atoms with E-state index >= 15 is 0 Å². The lowest BCUT2D eigenvalue weighted by molar-refractivity contribution is -0.326. The number of aliphatic hydroxyl groups is 8. The average Bonchev–Trinajstić information content (AvgIpc) is 3.22. The van der Waals surface area contributed by atoms with Crippen molar-refractivity contribution < 1.29 is 50.3 Å². The van der Waals surface area contributed by atoms with Gasteiger partial charge in [0.1, 0.15) is 48.8 Å². The summed E-state index contributed by atoms with van der Waals surface area (Å²) in [6.07, 6.45) is -9.53. The van der Waals surface area contributed by atoms with Gasteiger partial charge < -0.3 is 50.3 Å². The van der Waals surface area contributed by atoms with Crippen LogP contribution in [-0.2, 0) is 9.47 Å². The van der Waals surface area contributed by atoms with Crippen molar-refractivity contribution in [1.29, 1.82) is 0 Å². The summed E-state index contributed by atoms with van der Waals surface area (Å²) in [5.41, 5.74) is 0. The van der Waals surface area contributed by atoms with Crippen LogP contribution < -0.4 is 0 Å². The van der Waals surface area contributed by atoms with Gasteiger partial charge in [0.15, 0.2) is 6.29 Å². The molecule has 0 bridgehead atoms. The van der Waals surface area contributed by atoms with Gasteiger partial charge in [0.05, 0.1) is 13.2 Å². The third-order valence-corrected chi connectivity index (χ3v) is 5.17. The quantitative estimate of drug-likeness (QED) is 0.175. The van der Waals surface area contributed by atoms with Gasteiger partial charge >= 0.3 is 0 Å². The summed E-state index contributed by atoms with van der Waals surface area (Å²) < 4.78 is 10.5. The maximum absolute atomic E-state index is 10.4. The molecule has 0 radical (unpaired) electrons. The van der Waals surface area contributed by atoms with Gasteiger partial charge in [-0.1, -0.05) is 12.8 Å². The first kappa shape index (κ1) is 23.5. The van der Waals surface area contributed by atoms with E-state index in [1.807, 2.05) is 0 Å². The molecule has 6 unspecified atom stereocenters. The Morgan fingerprint density at radius 3 is 2.21 bits per heavy atom. The zero-order chi connectivity index (χ0) is 20.8. The number of aliphatic imine (C=N–C) groups is 1. The van der Waals surface area contributed by atoms with Crippen molar-refractivity contribution in [2.75, 3.05) is 13.2 Å². The molecule has 2 rings (SSSR count). The van der Waals surface area contributed by atoms with Crippen molar-refractivity contribution >= 4 is 6.21 Å². The molecule has 0 amide bonds. The molecular formula is C17H31NO10. The Balaban J connectivity index is 2.07. The van der Waals surface area contributed by atoms with E-state index in [1.165, 1.54) is 0 Å². The summed E-state index contributed by atoms with van der Waals surface area (Å²) >= 11 is 0. The van der Waals surface area contributed by atoms with Crippen LogP contribution >= 0.6 is 0 Å². The molecular weight excluding hydrogens is 378 g/mol. The van der Waals surface area contributed by atoms with Crippen LogP contribution in [0, 0.1) is 0 Å². The molecule has 1 heterocycles. The molecule has 11 heteroatoms. The molecule has 1 saturated heterocycles. The van der Waals surface area contributed by atoms with Crippen LogP contribution in [0.15, 0.2) is 4.99 Å². The van der Waals surface area contributed by atoms with Gasteiger partial charge in [0, 0.05) is 12.3 Å². The second-order valence-corrected chi connectivity index (χ2v) is 7.27. The molecule has 11 nitrogen and oxygen atoms in total. The average molecular weight is 409 g/mol. The predicted molar refractivity (Wildman–Crippen MR) is 94.5 cm³/mol. The molecule has 8 N–H and O–H groups in total. The topological polar surface area (TPSA) is 193 Å². The van der Waals surface area contributed by atoms with Gasteiger partial charge in [-0.05, 0) is 12.8 Å². The van der Waals surface area contributed by atoms with E-state index in [4.69, 9.17) is 9.47 Å². The van der Waals surface area contributed by atoms with E-state index in [0.29, 0.717) is 0 Å². The van der Waals surface area contributed by atoms with Crippen LogP contribution in [-0.4, -0.2) is 121 Å². The van der Waals surface area contributed by atoms with Crippen LogP contribution in [0.5, 0.6) is 0 Å². The molecule has 0 aromatic heterocycles. The highest BCUT2D eigenvalue weighted by atomic mass is 16.7. The lowest BCUT2D eigenvalue weighted by Crippen LogP contribution is -2.61. The van der Waals surface area contributed by atoms with Gasteiger partial charge in [-0.15, -0.1) is 0 Å². The zero-order valence-electron chi connectivity index (χ0n) is 15.4. The Morgan fingerprint density at radius 2 is 1.64 bits per heavy atom. The minimum Gasteiger partial charge on any atom is -0.394 e. The summed E-state index contributed by atoms with van der Waals surface area (Å²) in [7, 11) is 0. The van der Waals surface area contributed by atoms with E-state index < -0.39 is 68.3 Å². The number of hydrogen-bond acceptors (Lipinski definition) is 11. The molecule has 1 aliphatic heterocycles. The third-order valence-electron chi connectivity index (χ3n) is 5.17. The maximum atomic E-state index is 10.4. The van der Waals surface area contributed by atoms with Gasteiger partial charge in [0.2, 0.25) is 0 Å². The van der Waals surface area contributed by atoms with Gasteiger partial charge in [0.25, 0.3) is 0 Å². The van der Waals surface area contributed by atoms with Gasteiger partial charge in [-0.25, -0.2) is 0 Å². The Labute approximate surface area is 162 Å². The Morgan fingerprint density at radius 1 is 1.00 bits per heavy atom. The molecule has 164 valence electrons. The van der Waals surface area contributed by atoms with Crippen LogP contribution in [0.25, 0.3) is 0 Å². The molecule has 2 aliphatic rings. The minimum absolute atomic E-state index is 0.0504. The summed E-state index contributed by atoms with van der Waals surface area (Å²) in [6.45, 7) is -1.51. The first-order chi connectivity index (χ1) is 13.3. The summed E-state index contributed by atoms with van der Waals surface area (Å²) in [5, 5.41) is 78.6. The Hall–Kier alpha value is -0.730. The molecule has 9 atom stereocenters. The van der Waals surface area contributed by atoms with Gasteiger partial charge in [-0.3, -0.25) is 4.99 Å². The fraction of sp³-hybridized carbons (Fsp3) is 0.941. The molecule has 1 saturated carbocycles. The van der Waals surface area contributed by atoms with E-state index in [2.05, 4.69) is 4.99 Å². The molecule has 28 heavy (non-hydrogen) atoms. The molecule has 0 spiro atoms. The van der Waals surface area contributed by atoms with Gasteiger partial charge in [-0.2, -0.15) is 0 Å². The van der Waals surface area contributed by atoms with Crippen LogP contribution in [0.2, 0.25) is 0 Å². The first-order valence-electron chi connectivity index (χ1n) is 9.44. The van der Waals surface area contributed by atoms with E-state index in [0.717, 1.165) is 31.9 Å². The second kappa shape index (κ2) is 10.9. The second-order valence-electron chi connectivity index (χ2n) is 7.27. The van der Waals surface area contributed by atoms with Crippen molar-refractivity contribution in [3.8, 4) is 0 Å². The molecule has 0 aromatic rings. The summed E-state index contributed by atoms with van der Waals surface area (Å²) in [6, 6.07) is 0.0504. The summed E-state index contributed by atoms with van der Waals surface area (Å²) in [5.74, 6) is 0. The minimum atomic E-state index is -1.76. The first-order valence-corrected chi connectivity index (χ1v) is 9.44. The molecule has 1 aliphatic carbocycles. The Kier molecular flexibility index (Phi) is 9.15. The van der Waals surface area contributed by atoms with E-state index in [1.54, 1.807) is 0 Å². The fourth-order valence-electron chi connectivity index (χ4n) is 3.38. The predicted octanol–water partition coefficient (Wildman–Crippen LogP) is -3.74. The lowest BCUT2D eigenvalue weighted by Gasteiger charge is -2.42. The number of aliphatic hydroxyl groups excluding tert-OH is 8. The third kappa shape index (κ3) is 5.66. The smallest absolute Gasteiger partial charge is 0.187 e. The SMILES string of the molecule is OCC1O[C@@H](O[C@H](C(O)CO)C(O)C(O)C=NC2CCCC2)C(O)C(O)[C@H]1O. The molecule has 2 fully saturated rings. The number of hydrogen-bond donors (Lipinski definition) is 8. The van der Waals surface area contributed by atoms with Crippen LogP contribution in [0.1, 0.15) is 25.7 Å². The molecule has 0 aromatic carbocycles. The highest BCUT2D eigenvalue weighted by molar-refractivity contribution is 5.64. The van der Waals surface area contributed by atoms with Crippen molar-refractivity contribution in [1.82, 2.24) is 0 Å². The van der Waals surface area contributed by atoms with E-state index in [-0.39, 0.29) is 6.04 Å². The Bertz CT molecular complexity index is 487. The van der Waals surface area contributed by atoms with Crippen LogP contribution in [0.3, 0.4) is 0 Å². The summed E-state index contributed by atoms with van der Waals surface area (Å²) in [4.78, 5) is 4.20. The fourth-order valence-corrected chi connectivity index (χ4v) is 3.38. The van der Waals surface area contributed by atoms with Crippen molar-refractivity contribution in [3.63, 3.8) is 0 Å². The standard InChI is InChI=1S/C17H31NO10/c19-6-10(22)16(12(23)9(21)5-18-8-3-1-2-4-8)28-17-15(26)14(25)13(24)11(7-20)27-17/h5,8-17,19-26H,1-4,6-7H2/t9?,10?,11?,12?,13-,14?,15?,16+,17-/m0/s1. The van der Waals surface area contributed by atoms with Crippen molar-refractivity contribution in [2.45, 2.75) is 86.8 Å². The monoisotopic (exact) mass is 409 g/mol. The largest absolute Gasteiger partial charge is 0.394 e. The highest BCUT2D eigenvalue weighted by Gasteiger charge is 2.46. The number of ether oxygens (including phenoxy) is 2. The van der Waals surface area contributed by atoms with Crippen molar-refractivity contribution in [2.24, 2.45) is 4.99 Å². The van der Waals surface area contributed by atoms with Crippen LogP contribution in [0.4, 0.5) is 0 Å².